The molecule has 0 saturated heterocycles. The predicted molar refractivity (Wildman–Crippen MR) is 130 cm³/mol. The van der Waals surface area contributed by atoms with Crippen molar-refractivity contribution in [2.24, 2.45) is 0 Å². The summed E-state index contributed by atoms with van der Waals surface area (Å²) < 4.78 is 23.1. The van der Waals surface area contributed by atoms with Crippen LogP contribution >= 0.6 is 11.3 Å². The van der Waals surface area contributed by atoms with Crippen molar-refractivity contribution in [2.75, 3.05) is 20.8 Å². The molecule has 0 radical (unpaired) electrons. The predicted octanol–water partition coefficient (Wildman–Crippen LogP) is 3.96. The van der Waals surface area contributed by atoms with Gasteiger partial charge >= 0.3 is 4.87 Å². The highest BCUT2D eigenvalue weighted by atomic mass is 32.1. The fourth-order valence-corrected chi connectivity index (χ4v) is 4.94. The molecule has 0 aliphatic carbocycles. The Morgan fingerprint density at radius 3 is 2.37 bits per heavy atom. The van der Waals surface area contributed by atoms with Crippen molar-refractivity contribution in [3.8, 4) is 34.6 Å². The van der Waals surface area contributed by atoms with Crippen molar-refractivity contribution < 1.29 is 34.0 Å². The third-order valence-corrected chi connectivity index (χ3v) is 7.08. The number of rotatable bonds is 8. The molecule has 0 spiro atoms. The van der Waals surface area contributed by atoms with Crippen molar-refractivity contribution in [2.45, 2.75) is 38.7 Å². The maximum Gasteiger partial charge on any atom is 0.307 e. The number of thiazole rings is 1. The first-order valence-electron chi connectivity index (χ1n) is 11.0. The number of aromatic hydroxyl groups is 2. The van der Waals surface area contributed by atoms with E-state index in [1.54, 1.807) is 19.1 Å². The quantitative estimate of drug-likeness (QED) is 0.423. The SMILES string of the molecule is CCC1(COc2ccc(Cc3sc(=O)[nH]c3O)cc2)CC(=O)c2c(C)c(O)c(OC)c(OC)c2O1. The van der Waals surface area contributed by atoms with Crippen LogP contribution in [0.4, 0.5) is 0 Å². The molecule has 35 heavy (non-hydrogen) atoms. The van der Waals surface area contributed by atoms with Gasteiger partial charge in [0.1, 0.15) is 18.0 Å². The molecule has 1 unspecified atom stereocenters. The van der Waals surface area contributed by atoms with Crippen LogP contribution in [0.3, 0.4) is 0 Å². The zero-order chi connectivity index (χ0) is 25.3. The summed E-state index contributed by atoms with van der Waals surface area (Å²) >= 11 is 0.971. The molecule has 4 rings (SSSR count). The highest BCUT2D eigenvalue weighted by molar-refractivity contribution is 7.09. The Labute approximate surface area is 205 Å². The van der Waals surface area contributed by atoms with Crippen molar-refractivity contribution in [3.05, 3.63) is 55.5 Å². The van der Waals surface area contributed by atoms with E-state index < -0.39 is 5.60 Å². The van der Waals surface area contributed by atoms with Crippen molar-refractivity contribution in [1.29, 1.82) is 0 Å². The molecule has 0 fully saturated rings. The van der Waals surface area contributed by atoms with Crippen molar-refractivity contribution in [1.82, 2.24) is 4.98 Å². The van der Waals surface area contributed by atoms with E-state index in [2.05, 4.69) is 4.98 Å². The molecule has 0 saturated carbocycles. The molecule has 1 aliphatic rings. The Bertz CT molecular complexity index is 1310. The second-order valence-electron chi connectivity index (χ2n) is 8.38. The number of hydrogen-bond acceptors (Lipinski definition) is 9. The van der Waals surface area contributed by atoms with Crippen LogP contribution in [0.5, 0.6) is 34.6 Å². The molecular formula is C25H27NO8S. The van der Waals surface area contributed by atoms with Crippen LogP contribution in [0, 0.1) is 6.92 Å². The largest absolute Gasteiger partial charge is 0.504 e. The molecule has 10 heteroatoms. The molecule has 1 aromatic heterocycles. The summed E-state index contributed by atoms with van der Waals surface area (Å²) in [6.07, 6.45) is 0.986. The van der Waals surface area contributed by atoms with E-state index in [-0.39, 0.29) is 58.1 Å². The van der Waals surface area contributed by atoms with Crippen LogP contribution in [0.25, 0.3) is 0 Å². The number of fused-ring (bicyclic) bond motifs is 1. The fourth-order valence-electron chi connectivity index (χ4n) is 4.18. The zero-order valence-electron chi connectivity index (χ0n) is 19.9. The number of Topliss-reactive ketones (excluding diaryl/α,β-unsaturated/α-hetero) is 1. The van der Waals surface area contributed by atoms with Gasteiger partial charge in [0, 0.05) is 12.0 Å². The van der Waals surface area contributed by atoms with Crippen LogP contribution in [0.2, 0.25) is 0 Å². The lowest BCUT2D eigenvalue weighted by atomic mass is 9.86. The van der Waals surface area contributed by atoms with Crippen molar-refractivity contribution >= 4 is 17.1 Å². The number of hydrogen-bond donors (Lipinski definition) is 3. The van der Waals surface area contributed by atoms with E-state index in [4.69, 9.17) is 18.9 Å². The molecule has 3 N–H and O–H groups in total. The standard InChI is InChI=1S/C25H27NO8S/c1-5-25(11-16(27)18-13(2)19(28)21(31-3)22(32-4)20(18)34-25)12-33-15-8-6-14(7-9-15)10-17-23(29)26-24(30)35-17/h6-9,28-29H,5,10-12H2,1-4H3,(H,26,30). The van der Waals surface area contributed by atoms with Gasteiger partial charge in [-0.15, -0.1) is 0 Å². The van der Waals surface area contributed by atoms with E-state index in [9.17, 15) is 19.8 Å². The molecule has 9 nitrogen and oxygen atoms in total. The Morgan fingerprint density at radius 1 is 1.11 bits per heavy atom. The number of ketones is 1. The monoisotopic (exact) mass is 501 g/mol. The number of methoxy groups -OCH3 is 2. The van der Waals surface area contributed by atoms with Gasteiger partial charge in [-0.25, -0.2) is 0 Å². The van der Waals surface area contributed by atoms with E-state index >= 15 is 0 Å². The molecule has 0 bridgehead atoms. The van der Waals surface area contributed by atoms with E-state index in [1.807, 2.05) is 19.1 Å². The minimum absolute atomic E-state index is 0.0794. The number of carbonyl (C=O) groups is 1. The van der Waals surface area contributed by atoms with Gasteiger partial charge in [0.25, 0.3) is 0 Å². The molecule has 3 aromatic rings. The van der Waals surface area contributed by atoms with Crippen LogP contribution < -0.4 is 23.8 Å². The number of ether oxygens (including phenoxy) is 4. The summed E-state index contributed by atoms with van der Waals surface area (Å²) in [6.45, 7) is 3.66. The number of phenolic OH excluding ortho intramolecular Hbond substituents is 1. The molecule has 1 aliphatic heterocycles. The first kappa shape index (κ1) is 24.5. The number of carbonyl (C=O) groups excluding carboxylic acids is 1. The lowest BCUT2D eigenvalue weighted by Crippen LogP contribution is -2.47. The molecular weight excluding hydrogens is 474 g/mol. The van der Waals surface area contributed by atoms with E-state index in [0.717, 1.165) is 16.9 Å². The second kappa shape index (κ2) is 9.53. The number of aromatic nitrogens is 1. The maximum atomic E-state index is 13.2. The van der Waals surface area contributed by atoms with Gasteiger partial charge in [0.05, 0.1) is 31.1 Å². The van der Waals surface area contributed by atoms with Gasteiger partial charge in [-0.05, 0) is 31.0 Å². The average Bonchev–Trinajstić information content (AvgIpc) is 3.16. The first-order valence-corrected chi connectivity index (χ1v) is 11.9. The summed E-state index contributed by atoms with van der Waals surface area (Å²) in [7, 11) is 2.83. The topological polar surface area (TPSA) is 127 Å². The lowest BCUT2D eigenvalue weighted by molar-refractivity contribution is 0.000285. The minimum Gasteiger partial charge on any atom is -0.504 e. The van der Waals surface area contributed by atoms with Crippen LogP contribution in [0.15, 0.2) is 29.1 Å². The highest BCUT2D eigenvalue weighted by Crippen LogP contribution is 2.52. The minimum atomic E-state index is -0.937. The number of nitrogens with one attached hydrogen (secondary N) is 1. The number of phenols is 1. The van der Waals surface area contributed by atoms with Gasteiger partial charge in [0.15, 0.2) is 17.3 Å². The number of benzene rings is 2. The normalized spacial score (nSPS) is 17.0. The summed E-state index contributed by atoms with van der Waals surface area (Å²) in [5.74, 6) is 0.657. The Hall–Kier alpha value is -3.66. The molecule has 2 aromatic carbocycles. The summed E-state index contributed by atoms with van der Waals surface area (Å²) in [5, 5.41) is 20.3. The molecule has 0 amide bonds. The van der Waals surface area contributed by atoms with Gasteiger partial charge in [-0.3, -0.25) is 14.6 Å². The molecule has 186 valence electrons. The number of aromatic amines is 1. The summed E-state index contributed by atoms with van der Waals surface area (Å²) in [6, 6.07) is 7.27. The maximum absolute atomic E-state index is 13.2. The van der Waals surface area contributed by atoms with Gasteiger partial charge in [0.2, 0.25) is 17.4 Å². The van der Waals surface area contributed by atoms with Gasteiger partial charge in [-0.1, -0.05) is 30.4 Å². The zero-order valence-corrected chi connectivity index (χ0v) is 20.7. The third-order valence-electron chi connectivity index (χ3n) is 6.21. The smallest absolute Gasteiger partial charge is 0.307 e. The summed E-state index contributed by atoms with van der Waals surface area (Å²) in [5.41, 5.74) is 0.623. The van der Waals surface area contributed by atoms with Crippen LogP contribution in [-0.2, 0) is 6.42 Å². The fraction of sp³-hybridized carbons (Fsp3) is 0.360. The first-order chi connectivity index (χ1) is 16.7. The Balaban J connectivity index is 1.55. The third kappa shape index (κ3) is 4.53. The Kier molecular flexibility index (Phi) is 6.66. The van der Waals surface area contributed by atoms with Crippen molar-refractivity contribution in [3.63, 3.8) is 0 Å². The van der Waals surface area contributed by atoms with Gasteiger partial charge < -0.3 is 29.2 Å². The highest BCUT2D eigenvalue weighted by Gasteiger charge is 2.44. The van der Waals surface area contributed by atoms with Crippen LogP contribution in [-0.4, -0.2) is 47.4 Å². The van der Waals surface area contributed by atoms with Crippen LogP contribution in [0.1, 0.15) is 46.1 Å². The number of H-pyrrole nitrogens is 1. The summed E-state index contributed by atoms with van der Waals surface area (Å²) in [4.78, 5) is 27.2. The molecule has 1 atom stereocenters. The van der Waals surface area contributed by atoms with E-state index in [0.29, 0.717) is 29.0 Å². The Morgan fingerprint density at radius 2 is 1.80 bits per heavy atom. The average molecular weight is 502 g/mol. The molecule has 2 heterocycles. The second-order valence-corrected chi connectivity index (χ2v) is 9.45. The van der Waals surface area contributed by atoms with Gasteiger partial charge in [-0.2, -0.15) is 0 Å². The van der Waals surface area contributed by atoms with E-state index in [1.165, 1.54) is 14.2 Å². The lowest BCUT2D eigenvalue weighted by Gasteiger charge is -2.38.